The van der Waals surface area contributed by atoms with Crippen LogP contribution in [0.3, 0.4) is 0 Å². The molecule has 0 fully saturated rings. The average molecular weight is 343 g/mol. The molecule has 5 nitrogen and oxygen atoms in total. The van der Waals surface area contributed by atoms with Crippen molar-refractivity contribution in [3.8, 4) is 17.2 Å². The zero-order valence-electron chi connectivity index (χ0n) is 15.2. The Morgan fingerprint density at radius 2 is 1.76 bits per heavy atom. The van der Waals surface area contributed by atoms with Crippen LogP contribution in [0.4, 0.5) is 0 Å². The number of carbonyl (C=O) groups excluding carboxylic acids is 1. The minimum atomic E-state index is -0.175. The lowest BCUT2D eigenvalue weighted by Gasteiger charge is -2.12. The second kappa shape index (κ2) is 8.97. The van der Waals surface area contributed by atoms with Crippen LogP contribution in [0.5, 0.6) is 17.2 Å². The molecular weight excluding hydrogens is 318 g/mol. The standard InChI is InChI=1S/C20H25NO4/c1-5-24-18-9-7-16(13-19(18)23-4)20(22)21-10-11-25-17-8-6-14(2)12-15(17)3/h6-9,12-13H,5,10-11H2,1-4H3,(H,21,22). The van der Waals surface area contributed by atoms with Gasteiger partial charge >= 0.3 is 0 Å². The molecule has 0 bridgehead atoms. The minimum Gasteiger partial charge on any atom is -0.493 e. The first kappa shape index (κ1) is 18.6. The van der Waals surface area contributed by atoms with E-state index in [1.54, 1.807) is 25.3 Å². The third kappa shape index (κ3) is 5.14. The van der Waals surface area contributed by atoms with Crippen molar-refractivity contribution >= 4 is 5.91 Å². The molecule has 0 aliphatic heterocycles. The fraction of sp³-hybridized carbons (Fsp3) is 0.350. The number of aryl methyl sites for hydroxylation is 2. The van der Waals surface area contributed by atoms with E-state index in [0.717, 1.165) is 11.3 Å². The third-order valence-electron chi connectivity index (χ3n) is 3.70. The van der Waals surface area contributed by atoms with E-state index in [4.69, 9.17) is 14.2 Å². The van der Waals surface area contributed by atoms with Crippen LogP contribution in [0, 0.1) is 13.8 Å². The summed E-state index contributed by atoms with van der Waals surface area (Å²) in [6, 6.07) is 11.2. The molecule has 0 spiro atoms. The lowest BCUT2D eigenvalue weighted by atomic mass is 10.1. The van der Waals surface area contributed by atoms with Gasteiger partial charge in [-0.15, -0.1) is 0 Å². The van der Waals surface area contributed by atoms with E-state index in [9.17, 15) is 4.79 Å². The van der Waals surface area contributed by atoms with Gasteiger partial charge in [0.1, 0.15) is 12.4 Å². The number of nitrogens with one attached hydrogen (secondary N) is 1. The summed E-state index contributed by atoms with van der Waals surface area (Å²) in [7, 11) is 1.55. The monoisotopic (exact) mass is 343 g/mol. The predicted octanol–water partition coefficient (Wildman–Crippen LogP) is 3.52. The molecular formula is C20H25NO4. The molecule has 0 aromatic heterocycles. The topological polar surface area (TPSA) is 56.8 Å². The minimum absolute atomic E-state index is 0.175. The molecule has 0 radical (unpaired) electrons. The Morgan fingerprint density at radius 1 is 1.00 bits per heavy atom. The van der Waals surface area contributed by atoms with Crippen LogP contribution < -0.4 is 19.5 Å². The number of carbonyl (C=O) groups is 1. The van der Waals surface area contributed by atoms with E-state index >= 15 is 0 Å². The second-order valence-electron chi connectivity index (χ2n) is 5.67. The summed E-state index contributed by atoms with van der Waals surface area (Å²) in [6.07, 6.45) is 0. The van der Waals surface area contributed by atoms with Gasteiger partial charge in [-0.3, -0.25) is 4.79 Å². The lowest BCUT2D eigenvalue weighted by molar-refractivity contribution is 0.0946. The van der Waals surface area contributed by atoms with Crippen molar-refractivity contribution in [3.05, 3.63) is 53.1 Å². The first-order valence-electron chi connectivity index (χ1n) is 8.34. The van der Waals surface area contributed by atoms with Gasteiger partial charge < -0.3 is 19.5 Å². The highest BCUT2D eigenvalue weighted by Crippen LogP contribution is 2.28. The van der Waals surface area contributed by atoms with E-state index in [-0.39, 0.29) is 5.91 Å². The number of amides is 1. The molecule has 0 aliphatic rings. The Labute approximate surface area is 148 Å². The molecule has 0 unspecified atom stereocenters. The quantitative estimate of drug-likeness (QED) is 0.745. The van der Waals surface area contributed by atoms with Gasteiger partial charge in [0.15, 0.2) is 11.5 Å². The van der Waals surface area contributed by atoms with Crippen molar-refractivity contribution in [2.45, 2.75) is 20.8 Å². The molecule has 2 aromatic carbocycles. The van der Waals surface area contributed by atoms with Crippen LogP contribution >= 0.6 is 0 Å². The number of rotatable bonds is 8. The Morgan fingerprint density at radius 3 is 2.44 bits per heavy atom. The van der Waals surface area contributed by atoms with E-state index in [1.807, 2.05) is 32.9 Å². The highest BCUT2D eigenvalue weighted by atomic mass is 16.5. The van der Waals surface area contributed by atoms with Crippen LogP contribution in [-0.2, 0) is 0 Å². The van der Waals surface area contributed by atoms with Crippen molar-refractivity contribution in [1.29, 1.82) is 0 Å². The van der Waals surface area contributed by atoms with Gasteiger partial charge in [0.25, 0.3) is 5.91 Å². The Bertz CT molecular complexity index is 728. The maximum absolute atomic E-state index is 12.2. The van der Waals surface area contributed by atoms with Crippen LogP contribution in [0.15, 0.2) is 36.4 Å². The van der Waals surface area contributed by atoms with E-state index in [0.29, 0.717) is 36.8 Å². The first-order chi connectivity index (χ1) is 12.0. The average Bonchev–Trinajstić information content (AvgIpc) is 2.60. The summed E-state index contributed by atoms with van der Waals surface area (Å²) in [5, 5.41) is 2.84. The number of ether oxygens (including phenoxy) is 3. The smallest absolute Gasteiger partial charge is 0.251 e. The van der Waals surface area contributed by atoms with E-state index < -0.39 is 0 Å². The van der Waals surface area contributed by atoms with Gasteiger partial charge in [0.2, 0.25) is 0 Å². The molecule has 2 aromatic rings. The molecule has 2 rings (SSSR count). The molecule has 5 heteroatoms. The highest BCUT2D eigenvalue weighted by Gasteiger charge is 2.10. The van der Waals surface area contributed by atoms with Crippen molar-refractivity contribution in [2.24, 2.45) is 0 Å². The van der Waals surface area contributed by atoms with Gasteiger partial charge in [0, 0.05) is 5.56 Å². The van der Waals surface area contributed by atoms with Crippen molar-refractivity contribution in [1.82, 2.24) is 5.32 Å². The van der Waals surface area contributed by atoms with E-state index in [2.05, 4.69) is 11.4 Å². The maximum atomic E-state index is 12.2. The van der Waals surface area contributed by atoms with Crippen LogP contribution in [0.1, 0.15) is 28.4 Å². The maximum Gasteiger partial charge on any atom is 0.251 e. The van der Waals surface area contributed by atoms with Crippen molar-refractivity contribution < 1.29 is 19.0 Å². The summed E-state index contributed by atoms with van der Waals surface area (Å²) in [5.41, 5.74) is 2.80. The normalized spacial score (nSPS) is 10.2. The van der Waals surface area contributed by atoms with Crippen LogP contribution in [0.2, 0.25) is 0 Å². The van der Waals surface area contributed by atoms with Gasteiger partial charge in [-0.05, 0) is 50.6 Å². The summed E-state index contributed by atoms with van der Waals surface area (Å²) in [4.78, 5) is 12.2. The Balaban J connectivity index is 1.87. The molecule has 0 saturated heterocycles. The summed E-state index contributed by atoms with van der Waals surface area (Å²) in [5.74, 6) is 1.83. The SMILES string of the molecule is CCOc1ccc(C(=O)NCCOc2ccc(C)cc2C)cc1OC. The number of methoxy groups -OCH3 is 1. The van der Waals surface area contributed by atoms with Crippen molar-refractivity contribution in [2.75, 3.05) is 26.9 Å². The number of hydrogen-bond donors (Lipinski definition) is 1. The molecule has 0 heterocycles. The lowest BCUT2D eigenvalue weighted by Crippen LogP contribution is -2.28. The molecule has 1 amide bonds. The van der Waals surface area contributed by atoms with Crippen LogP contribution in [0.25, 0.3) is 0 Å². The fourth-order valence-corrected chi connectivity index (χ4v) is 2.47. The van der Waals surface area contributed by atoms with Gasteiger partial charge in [-0.1, -0.05) is 17.7 Å². The molecule has 0 saturated carbocycles. The summed E-state index contributed by atoms with van der Waals surface area (Å²) < 4.78 is 16.4. The Kier molecular flexibility index (Phi) is 6.69. The zero-order valence-corrected chi connectivity index (χ0v) is 15.2. The zero-order chi connectivity index (χ0) is 18.2. The molecule has 25 heavy (non-hydrogen) atoms. The second-order valence-corrected chi connectivity index (χ2v) is 5.67. The van der Waals surface area contributed by atoms with Gasteiger partial charge in [0.05, 0.1) is 20.3 Å². The number of hydrogen-bond acceptors (Lipinski definition) is 4. The van der Waals surface area contributed by atoms with Crippen LogP contribution in [-0.4, -0.2) is 32.8 Å². The van der Waals surface area contributed by atoms with E-state index in [1.165, 1.54) is 5.56 Å². The van der Waals surface area contributed by atoms with Gasteiger partial charge in [-0.25, -0.2) is 0 Å². The van der Waals surface area contributed by atoms with Gasteiger partial charge in [-0.2, -0.15) is 0 Å². The number of benzene rings is 2. The third-order valence-corrected chi connectivity index (χ3v) is 3.70. The van der Waals surface area contributed by atoms with Crippen molar-refractivity contribution in [3.63, 3.8) is 0 Å². The fourth-order valence-electron chi connectivity index (χ4n) is 2.47. The Hall–Kier alpha value is -2.69. The molecule has 1 N–H and O–H groups in total. The first-order valence-corrected chi connectivity index (χ1v) is 8.34. The predicted molar refractivity (Wildman–Crippen MR) is 97.9 cm³/mol. The molecule has 0 aliphatic carbocycles. The molecule has 134 valence electrons. The summed E-state index contributed by atoms with van der Waals surface area (Å²) >= 11 is 0. The molecule has 0 atom stereocenters. The highest BCUT2D eigenvalue weighted by molar-refractivity contribution is 5.94. The summed E-state index contributed by atoms with van der Waals surface area (Å²) in [6.45, 7) is 7.31. The largest absolute Gasteiger partial charge is 0.493 e.